The molecule has 0 aliphatic rings. The van der Waals surface area contributed by atoms with E-state index in [1.165, 1.54) is 13.2 Å². The minimum atomic E-state index is -0.542. The van der Waals surface area contributed by atoms with E-state index >= 15 is 0 Å². The molecule has 0 saturated heterocycles. The molecule has 0 unspecified atom stereocenters. The molecule has 0 fully saturated rings. The number of unbranched alkanes of at least 4 members (excludes halogenated alkanes) is 1. The van der Waals surface area contributed by atoms with Crippen molar-refractivity contribution in [2.45, 2.75) is 39.5 Å². The van der Waals surface area contributed by atoms with E-state index in [1.807, 2.05) is 13.8 Å². The number of carbonyl (C=O) groups excluding carboxylic acids is 1. The summed E-state index contributed by atoms with van der Waals surface area (Å²) in [5.41, 5.74) is 1.07. The molecule has 0 aliphatic heterocycles. The number of hydrogen-bond donors (Lipinski definition) is 1. The number of ether oxygens (including phenoxy) is 2. The molecule has 19 heavy (non-hydrogen) atoms. The summed E-state index contributed by atoms with van der Waals surface area (Å²) in [5, 5.41) is 9.87. The normalized spacial score (nSPS) is 10.6. The van der Waals surface area contributed by atoms with Gasteiger partial charge in [-0.3, -0.25) is 0 Å². The first-order valence-corrected chi connectivity index (χ1v) is 6.59. The number of methoxy groups -OCH3 is 1. The van der Waals surface area contributed by atoms with Crippen molar-refractivity contribution in [3.05, 3.63) is 23.3 Å². The maximum absolute atomic E-state index is 11.6. The zero-order valence-electron chi connectivity index (χ0n) is 12.0. The van der Waals surface area contributed by atoms with Gasteiger partial charge in [0.25, 0.3) is 0 Å². The standard InChI is InChI=1S/C15H22O4/c1-5-6-7-19-14-9-13(16)12(15(17)18-4)8-11(14)10(2)3/h8-10,16H,5-7H2,1-4H3. The molecule has 0 amide bonds. The van der Waals surface area contributed by atoms with Crippen LogP contribution in [-0.4, -0.2) is 24.8 Å². The molecular formula is C15H22O4. The van der Waals surface area contributed by atoms with Gasteiger partial charge in [0, 0.05) is 6.07 Å². The second-order valence-electron chi connectivity index (χ2n) is 4.76. The molecule has 0 aromatic heterocycles. The van der Waals surface area contributed by atoms with Gasteiger partial charge in [0.1, 0.15) is 17.1 Å². The molecule has 0 spiro atoms. The fourth-order valence-electron chi connectivity index (χ4n) is 1.76. The van der Waals surface area contributed by atoms with Crippen molar-refractivity contribution >= 4 is 5.97 Å². The van der Waals surface area contributed by atoms with Crippen LogP contribution in [0.1, 0.15) is 55.5 Å². The lowest BCUT2D eigenvalue weighted by atomic mass is 9.99. The first-order chi connectivity index (χ1) is 9.01. The Hall–Kier alpha value is -1.71. The number of phenolic OH excluding ortho intramolecular Hbond substituents is 1. The molecule has 1 rings (SSSR count). The summed E-state index contributed by atoms with van der Waals surface area (Å²) in [4.78, 5) is 11.6. The Morgan fingerprint density at radius 2 is 2.05 bits per heavy atom. The van der Waals surface area contributed by atoms with Crippen LogP contribution in [0.25, 0.3) is 0 Å². The van der Waals surface area contributed by atoms with E-state index in [0.29, 0.717) is 12.4 Å². The van der Waals surface area contributed by atoms with E-state index in [1.54, 1.807) is 6.07 Å². The molecule has 0 saturated carbocycles. The Labute approximate surface area is 114 Å². The Kier molecular flexibility index (Phi) is 5.67. The maximum Gasteiger partial charge on any atom is 0.341 e. The highest BCUT2D eigenvalue weighted by Gasteiger charge is 2.18. The monoisotopic (exact) mass is 266 g/mol. The number of esters is 1. The van der Waals surface area contributed by atoms with Crippen molar-refractivity contribution in [3.8, 4) is 11.5 Å². The van der Waals surface area contributed by atoms with Crippen molar-refractivity contribution in [1.82, 2.24) is 0 Å². The molecular weight excluding hydrogens is 244 g/mol. The molecule has 0 heterocycles. The van der Waals surface area contributed by atoms with Gasteiger partial charge in [0.15, 0.2) is 0 Å². The lowest BCUT2D eigenvalue weighted by molar-refractivity contribution is 0.0597. The Balaban J connectivity index is 3.10. The van der Waals surface area contributed by atoms with Gasteiger partial charge in [-0.2, -0.15) is 0 Å². The van der Waals surface area contributed by atoms with Gasteiger partial charge >= 0.3 is 5.97 Å². The van der Waals surface area contributed by atoms with Crippen LogP contribution in [-0.2, 0) is 4.74 Å². The number of aromatic hydroxyl groups is 1. The van der Waals surface area contributed by atoms with Crippen LogP contribution in [0.2, 0.25) is 0 Å². The molecule has 1 N–H and O–H groups in total. The predicted molar refractivity (Wildman–Crippen MR) is 73.9 cm³/mol. The van der Waals surface area contributed by atoms with Gasteiger partial charge in [-0.05, 0) is 24.0 Å². The summed E-state index contributed by atoms with van der Waals surface area (Å²) < 4.78 is 10.3. The topological polar surface area (TPSA) is 55.8 Å². The van der Waals surface area contributed by atoms with Crippen molar-refractivity contribution < 1.29 is 19.4 Å². The van der Waals surface area contributed by atoms with Gasteiger partial charge < -0.3 is 14.6 Å². The zero-order chi connectivity index (χ0) is 14.4. The molecule has 106 valence electrons. The third-order valence-corrected chi connectivity index (χ3v) is 2.91. The van der Waals surface area contributed by atoms with Crippen molar-refractivity contribution in [2.24, 2.45) is 0 Å². The summed E-state index contributed by atoms with van der Waals surface area (Å²) in [6, 6.07) is 3.14. The third kappa shape index (κ3) is 3.88. The summed E-state index contributed by atoms with van der Waals surface area (Å²) in [6.07, 6.45) is 2.00. The van der Waals surface area contributed by atoms with Crippen LogP contribution in [0, 0.1) is 0 Å². The van der Waals surface area contributed by atoms with Crippen molar-refractivity contribution in [3.63, 3.8) is 0 Å². The second kappa shape index (κ2) is 7.02. The average molecular weight is 266 g/mol. The van der Waals surface area contributed by atoms with Gasteiger partial charge in [-0.25, -0.2) is 4.79 Å². The zero-order valence-corrected chi connectivity index (χ0v) is 12.0. The van der Waals surface area contributed by atoms with Crippen molar-refractivity contribution in [2.75, 3.05) is 13.7 Å². The van der Waals surface area contributed by atoms with E-state index in [2.05, 4.69) is 11.7 Å². The summed E-state index contributed by atoms with van der Waals surface area (Å²) >= 11 is 0. The van der Waals surface area contributed by atoms with Gasteiger partial charge in [-0.1, -0.05) is 27.2 Å². The molecule has 1 aromatic rings. The first-order valence-electron chi connectivity index (χ1n) is 6.59. The fourth-order valence-corrected chi connectivity index (χ4v) is 1.76. The van der Waals surface area contributed by atoms with E-state index in [4.69, 9.17) is 4.74 Å². The lowest BCUT2D eigenvalue weighted by Gasteiger charge is -2.16. The van der Waals surface area contributed by atoms with E-state index < -0.39 is 5.97 Å². The van der Waals surface area contributed by atoms with E-state index in [0.717, 1.165) is 18.4 Å². The summed E-state index contributed by atoms with van der Waals surface area (Å²) in [7, 11) is 1.29. The number of rotatable bonds is 6. The highest BCUT2D eigenvalue weighted by atomic mass is 16.5. The summed E-state index contributed by atoms with van der Waals surface area (Å²) in [6.45, 7) is 6.72. The largest absolute Gasteiger partial charge is 0.507 e. The minimum absolute atomic E-state index is 0.109. The highest BCUT2D eigenvalue weighted by molar-refractivity contribution is 5.93. The number of phenols is 1. The smallest absolute Gasteiger partial charge is 0.341 e. The predicted octanol–water partition coefficient (Wildman–Crippen LogP) is 3.48. The quantitative estimate of drug-likeness (QED) is 0.632. The molecule has 1 aromatic carbocycles. The highest BCUT2D eigenvalue weighted by Crippen LogP contribution is 2.33. The molecule has 4 nitrogen and oxygen atoms in total. The van der Waals surface area contributed by atoms with Crippen LogP contribution < -0.4 is 4.74 Å². The minimum Gasteiger partial charge on any atom is -0.507 e. The SMILES string of the molecule is CCCCOc1cc(O)c(C(=O)OC)cc1C(C)C. The van der Waals surface area contributed by atoms with Crippen LogP contribution in [0.4, 0.5) is 0 Å². The van der Waals surface area contributed by atoms with Crippen LogP contribution in [0.3, 0.4) is 0 Å². The van der Waals surface area contributed by atoms with Crippen molar-refractivity contribution in [1.29, 1.82) is 0 Å². The first kappa shape index (κ1) is 15.3. The Morgan fingerprint density at radius 1 is 1.37 bits per heavy atom. The number of benzene rings is 1. The fraction of sp³-hybridized carbons (Fsp3) is 0.533. The van der Waals surface area contributed by atoms with Crippen LogP contribution in [0.15, 0.2) is 12.1 Å². The molecule has 0 radical (unpaired) electrons. The van der Waals surface area contributed by atoms with Crippen LogP contribution >= 0.6 is 0 Å². The van der Waals surface area contributed by atoms with Gasteiger partial charge in [0.2, 0.25) is 0 Å². The van der Waals surface area contributed by atoms with Gasteiger partial charge in [0.05, 0.1) is 13.7 Å². The van der Waals surface area contributed by atoms with E-state index in [9.17, 15) is 9.90 Å². The Morgan fingerprint density at radius 3 is 2.58 bits per heavy atom. The number of carbonyl (C=O) groups is 1. The second-order valence-corrected chi connectivity index (χ2v) is 4.76. The summed E-state index contributed by atoms with van der Waals surface area (Å²) in [5.74, 6) is 0.177. The van der Waals surface area contributed by atoms with Crippen LogP contribution in [0.5, 0.6) is 11.5 Å². The molecule has 0 bridgehead atoms. The third-order valence-electron chi connectivity index (χ3n) is 2.91. The Bertz CT molecular complexity index is 438. The van der Waals surface area contributed by atoms with E-state index in [-0.39, 0.29) is 17.2 Å². The molecule has 0 atom stereocenters. The average Bonchev–Trinajstić information content (AvgIpc) is 2.38. The van der Waals surface area contributed by atoms with Gasteiger partial charge in [-0.15, -0.1) is 0 Å². The maximum atomic E-state index is 11.6. The lowest BCUT2D eigenvalue weighted by Crippen LogP contribution is -2.06. The molecule has 0 aliphatic carbocycles. The molecule has 4 heteroatoms. The number of hydrogen-bond acceptors (Lipinski definition) is 4.